The molecule has 2 saturated heterocycles. The van der Waals surface area contributed by atoms with Crippen molar-refractivity contribution in [3.8, 4) is 28.9 Å². The van der Waals surface area contributed by atoms with E-state index in [1.165, 1.54) is 4.68 Å². The van der Waals surface area contributed by atoms with Crippen LogP contribution in [0.4, 0.5) is 0 Å². The van der Waals surface area contributed by atoms with Gasteiger partial charge in [0.05, 0.1) is 29.0 Å². The smallest absolute Gasteiger partial charge is 0.255 e. The monoisotopic (exact) mass is 442 g/mol. The van der Waals surface area contributed by atoms with Crippen molar-refractivity contribution in [3.63, 3.8) is 0 Å². The van der Waals surface area contributed by atoms with Crippen molar-refractivity contribution >= 4 is 5.91 Å². The van der Waals surface area contributed by atoms with Crippen LogP contribution in [-0.2, 0) is 0 Å². The summed E-state index contributed by atoms with van der Waals surface area (Å²) >= 11 is 0. The Morgan fingerprint density at radius 1 is 1.12 bits per heavy atom. The molecule has 0 radical (unpaired) electrons. The van der Waals surface area contributed by atoms with E-state index < -0.39 is 0 Å². The van der Waals surface area contributed by atoms with Gasteiger partial charge in [0, 0.05) is 31.2 Å². The SMILES string of the molecule is Cc1cc(C#N)ccc1-c1cnn(-c2ccc(C(=O)N3CCC4(CCN(C)C4)C3)cn2)c1O. The summed E-state index contributed by atoms with van der Waals surface area (Å²) in [4.78, 5) is 21.7. The van der Waals surface area contributed by atoms with Gasteiger partial charge in [-0.05, 0) is 68.8 Å². The van der Waals surface area contributed by atoms with Crippen LogP contribution in [0.25, 0.3) is 16.9 Å². The number of carbonyl (C=O) groups excluding carboxylic acids is 1. The van der Waals surface area contributed by atoms with Gasteiger partial charge in [-0.1, -0.05) is 6.07 Å². The highest BCUT2D eigenvalue weighted by molar-refractivity contribution is 5.94. The van der Waals surface area contributed by atoms with E-state index in [-0.39, 0.29) is 17.2 Å². The Hall–Kier alpha value is -3.70. The summed E-state index contributed by atoms with van der Waals surface area (Å²) in [5.41, 5.74) is 3.56. The van der Waals surface area contributed by atoms with Crippen molar-refractivity contribution in [2.45, 2.75) is 19.8 Å². The number of rotatable bonds is 3. The van der Waals surface area contributed by atoms with E-state index in [1.807, 2.05) is 11.8 Å². The number of benzene rings is 1. The molecule has 0 saturated carbocycles. The minimum Gasteiger partial charge on any atom is -0.493 e. The Morgan fingerprint density at radius 3 is 2.61 bits per heavy atom. The van der Waals surface area contributed by atoms with Gasteiger partial charge in [-0.2, -0.15) is 15.0 Å². The molecule has 1 atom stereocenters. The van der Waals surface area contributed by atoms with Crippen molar-refractivity contribution in [1.29, 1.82) is 5.26 Å². The first kappa shape index (κ1) is 21.2. The molecule has 1 spiro atoms. The maximum Gasteiger partial charge on any atom is 0.255 e. The number of aryl methyl sites for hydroxylation is 1. The Morgan fingerprint density at radius 2 is 1.94 bits per heavy atom. The van der Waals surface area contributed by atoms with Crippen LogP contribution in [-0.4, -0.2) is 68.8 Å². The third-order valence-corrected chi connectivity index (χ3v) is 6.96. The number of amides is 1. The molecule has 1 aromatic carbocycles. The van der Waals surface area contributed by atoms with Crippen molar-refractivity contribution < 1.29 is 9.90 Å². The van der Waals surface area contributed by atoms with Crippen molar-refractivity contribution in [1.82, 2.24) is 24.6 Å². The molecular formula is C25H26N6O2. The van der Waals surface area contributed by atoms with Gasteiger partial charge >= 0.3 is 0 Å². The van der Waals surface area contributed by atoms with Gasteiger partial charge in [0.2, 0.25) is 5.88 Å². The van der Waals surface area contributed by atoms with Crippen molar-refractivity contribution in [2.75, 3.05) is 33.2 Å². The highest BCUT2D eigenvalue weighted by Gasteiger charge is 2.43. The van der Waals surface area contributed by atoms with Gasteiger partial charge in [-0.25, -0.2) is 4.98 Å². The Labute approximate surface area is 192 Å². The van der Waals surface area contributed by atoms with Gasteiger partial charge in [0.25, 0.3) is 5.91 Å². The van der Waals surface area contributed by atoms with Gasteiger partial charge in [-0.3, -0.25) is 4.79 Å². The van der Waals surface area contributed by atoms with Crippen LogP contribution in [0.15, 0.2) is 42.7 Å². The molecule has 2 aliphatic rings. The number of hydrogen-bond donors (Lipinski definition) is 1. The second-order valence-corrected chi connectivity index (χ2v) is 9.30. The topological polar surface area (TPSA) is 98.3 Å². The fourth-order valence-electron chi connectivity index (χ4n) is 5.16. The first-order valence-corrected chi connectivity index (χ1v) is 11.1. The number of pyridine rings is 1. The Kier molecular flexibility index (Phi) is 5.14. The first-order valence-electron chi connectivity index (χ1n) is 11.1. The average molecular weight is 443 g/mol. The van der Waals surface area contributed by atoms with E-state index in [0.717, 1.165) is 50.1 Å². The summed E-state index contributed by atoms with van der Waals surface area (Å²) in [5, 5.41) is 24.2. The lowest BCUT2D eigenvalue weighted by atomic mass is 9.86. The van der Waals surface area contributed by atoms with Gasteiger partial charge in [-0.15, -0.1) is 0 Å². The predicted molar refractivity (Wildman–Crippen MR) is 123 cm³/mol. The number of nitriles is 1. The lowest BCUT2D eigenvalue weighted by molar-refractivity contribution is 0.0773. The van der Waals surface area contributed by atoms with E-state index in [2.05, 4.69) is 28.1 Å². The summed E-state index contributed by atoms with van der Waals surface area (Å²) < 4.78 is 1.35. The molecule has 33 heavy (non-hydrogen) atoms. The molecule has 1 amide bonds. The number of aromatic hydroxyl groups is 1. The quantitative estimate of drug-likeness (QED) is 0.670. The van der Waals surface area contributed by atoms with E-state index >= 15 is 0 Å². The van der Waals surface area contributed by atoms with Gasteiger partial charge in [0.15, 0.2) is 5.82 Å². The molecule has 2 aromatic heterocycles. The zero-order chi connectivity index (χ0) is 23.2. The maximum atomic E-state index is 13.0. The van der Waals surface area contributed by atoms with E-state index in [1.54, 1.807) is 42.7 Å². The molecule has 1 unspecified atom stereocenters. The molecule has 0 bridgehead atoms. The van der Waals surface area contributed by atoms with Crippen molar-refractivity contribution in [3.05, 3.63) is 59.4 Å². The summed E-state index contributed by atoms with van der Waals surface area (Å²) in [6.07, 6.45) is 5.32. The van der Waals surface area contributed by atoms with Crippen LogP contribution in [0.2, 0.25) is 0 Å². The molecule has 2 fully saturated rings. The first-order chi connectivity index (χ1) is 15.9. The highest BCUT2D eigenvalue weighted by atomic mass is 16.3. The van der Waals surface area contributed by atoms with Crippen LogP contribution in [0, 0.1) is 23.7 Å². The van der Waals surface area contributed by atoms with Crippen LogP contribution in [0.5, 0.6) is 5.88 Å². The second kappa shape index (κ2) is 8.01. The van der Waals surface area contributed by atoms with Gasteiger partial charge in [0.1, 0.15) is 0 Å². The molecule has 3 aromatic rings. The molecule has 2 aliphatic heterocycles. The lowest BCUT2D eigenvalue weighted by Gasteiger charge is -2.23. The molecule has 0 aliphatic carbocycles. The number of carbonyl (C=O) groups is 1. The molecular weight excluding hydrogens is 416 g/mol. The van der Waals surface area contributed by atoms with Crippen LogP contribution < -0.4 is 0 Å². The zero-order valence-electron chi connectivity index (χ0n) is 18.8. The molecule has 8 nitrogen and oxygen atoms in total. The Balaban J connectivity index is 1.34. The van der Waals surface area contributed by atoms with Crippen LogP contribution in [0.3, 0.4) is 0 Å². The molecule has 8 heteroatoms. The fourth-order valence-corrected chi connectivity index (χ4v) is 5.16. The normalized spacial score (nSPS) is 20.5. The number of hydrogen-bond acceptors (Lipinski definition) is 6. The summed E-state index contributed by atoms with van der Waals surface area (Å²) in [6.45, 7) is 5.60. The second-order valence-electron chi connectivity index (χ2n) is 9.30. The summed E-state index contributed by atoms with van der Waals surface area (Å²) in [7, 11) is 2.14. The molecule has 1 N–H and O–H groups in total. The third kappa shape index (κ3) is 3.74. The zero-order valence-corrected chi connectivity index (χ0v) is 18.8. The summed E-state index contributed by atoms with van der Waals surface area (Å²) in [5.74, 6) is 0.386. The Bertz CT molecular complexity index is 1260. The summed E-state index contributed by atoms with van der Waals surface area (Å²) in [6, 6.07) is 10.8. The lowest BCUT2D eigenvalue weighted by Crippen LogP contribution is -2.33. The van der Waals surface area contributed by atoms with E-state index in [4.69, 9.17) is 5.26 Å². The molecule has 5 rings (SSSR count). The van der Waals surface area contributed by atoms with Crippen molar-refractivity contribution in [2.24, 2.45) is 5.41 Å². The minimum atomic E-state index is -0.0405. The van der Waals surface area contributed by atoms with E-state index in [0.29, 0.717) is 22.5 Å². The maximum absolute atomic E-state index is 13.0. The average Bonchev–Trinajstić information content (AvgIpc) is 3.52. The highest BCUT2D eigenvalue weighted by Crippen LogP contribution is 2.39. The largest absolute Gasteiger partial charge is 0.493 e. The van der Waals surface area contributed by atoms with Crippen LogP contribution >= 0.6 is 0 Å². The fraction of sp³-hybridized carbons (Fsp3) is 0.360. The molecule has 4 heterocycles. The number of nitrogens with zero attached hydrogens (tertiary/aromatic N) is 6. The standard InChI is InChI=1S/C25H26N6O2/c1-17-11-18(12-26)3-5-20(17)21-14-28-31(24(21)33)22-6-4-19(13-27-22)23(32)30-10-8-25(16-30)7-9-29(2)15-25/h3-6,11,13-14,33H,7-10,15-16H2,1-2H3. The minimum absolute atomic E-state index is 0.000869. The number of aromatic nitrogens is 3. The molecule has 168 valence electrons. The number of likely N-dealkylation sites (tertiary alicyclic amines) is 2. The van der Waals surface area contributed by atoms with Crippen LogP contribution in [0.1, 0.15) is 34.3 Å². The van der Waals surface area contributed by atoms with Gasteiger partial charge < -0.3 is 14.9 Å². The third-order valence-electron chi connectivity index (χ3n) is 6.96. The predicted octanol–water partition coefficient (Wildman–Crippen LogP) is 2.99. The van der Waals surface area contributed by atoms with E-state index in [9.17, 15) is 9.90 Å².